The molecule has 0 amide bonds. The van der Waals surface area contributed by atoms with Crippen LogP contribution in [-0.4, -0.2) is 45.1 Å². The fourth-order valence-corrected chi connectivity index (χ4v) is 3.12. The van der Waals surface area contributed by atoms with Gasteiger partial charge in [0.15, 0.2) is 0 Å². The molecule has 130 valence electrons. The fraction of sp³-hybridized carbons (Fsp3) is 0.526. The van der Waals surface area contributed by atoms with Gasteiger partial charge >= 0.3 is 0 Å². The smallest absolute Gasteiger partial charge is 0.119 e. The molecule has 1 aromatic heterocycles. The van der Waals surface area contributed by atoms with Crippen LogP contribution in [0.15, 0.2) is 36.5 Å². The highest BCUT2D eigenvalue weighted by atomic mass is 16.5. The predicted molar refractivity (Wildman–Crippen MR) is 94.0 cm³/mol. The van der Waals surface area contributed by atoms with E-state index < -0.39 is 5.60 Å². The minimum absolute atomic E-state index is 0.359. The van der Waals surface area contributed by atoms with Gasteiger partial charge in [-0.1, -0.05) is 18.2 Å². The highest BCUT2D eigenvalue weighted by Crippen LogP contribution is 2.25. The lowest BCUT2D eigenvalue weighted by molar-refractivity contribution is -0.0537. The normalized spacial score (nSPS) is 17.8. The Labute approximate surface area is 143 Å². The Bertz CT molecular complexity index is 646. The molecule has 0 saturated carbocycles. The van der Waals surface area contributed by atoms with Gasteiger partial charge in [-0.2, -0.15) is 5.10 Å². The molecule has 0 radical (unpaired) electrons. The lowest BCUT2D eigenvalue weighted by Crippen LogP contribution is -2.47. The number of rotatable bonds is 6. The first-order valence-corrected chi connectivity index (χ1v) is 8.73. The highest BCUT2D eigenvalue weighted by molar-refractivity contribution is 5.21. The van der Waals surface area contributed by atoms with Gasteiger partial charge in [-0.15, -0.1) is 0 Å². The summed E-state index contributed by atoms with van der Waals surface area (Å²) in [4.78, 5) is 2.39. The first kappa shape index (κ1) is 17.0. The Morgan fingerprint density at radius 3 is 2.54 bits per heavy atom. The Kier molecular flexibility index (Phi) is 5.21. The van der Waals surface area contributed by atoms with Crippen LogP contribution in [0.5, 0.6) is 5.75 Å². The summed E-state index contributed by atoms with van der Waals surface area (Å²) >= 11 is 0. The zero-order valence-electron chi connectivity index (χ0n) is 14.6. The molecule has 2 aromatic rings. The number of piperidine rings is 1. The molecule has 3 rings (SSSR count). The third-order valence-electron chi connectivity index (χ3n) is 4.80. The molecular weight excluding hydrogens is 302 g/mol. The molecule has 5 heteroatoms. The maximum absolute atomic E-state index is 10.7. The largest absolute Gasteiger partial charge is 0.491 e. The Hall–Kier alpha value is -1.85. The van der Waals surface area contributed by atoms with Gasteiger partial charge in [0.05, 0.1) is 5.69 Å². The number of aliphatic hydroxyl groups is 1. The van der Waals surface area contributed by atoms with Gasteiger partial charge in [0.1, 0.15) is 18.0 Å². The monoisotopic (exact) mass is 329 g/mol. The van der Waals surface area contributed by atoms with Crippen molar-refractivity contribution in [2.45, 2.75) is 45.4 Å². The summed E-state index contributed by atoms with van der Waals surface area (Å²) in [5, 5.41) is 15.3. The summed E-state index contributed by atoms with van der Waals surface area (Å²) < 4.78 is 7.74. The number of nitrogens with zero attached hydrogens (tertiary/aromatic N) is 3. The summed E-state index contributed by atoms with van der Waals surface area (Å²) in [6, 6.07) is 9.70. The molecule has 1 aliphatic heterocycles. The molecule has 5 nitrogen and oxygen atoms in total. The topological polar surface area (TPSA) is 50.5 Å². The van der Waals surface area contributed by atoms with Crippen LogP contribution in [0.3, 0.4) is 0 Å². The third kappa shape index (κ3) is 4.16. The van der Waals surface area contributed by atoms with Gasteiger partial charge in [-0.25, -0.2) is 0 Å². The molecule has 24 heavy (non-hydrogen) atoms. The van der Waals surface area contributed by atoms with E-state index in [0.717, 1.165) is 50.5 Å². The maximum Gasteiger partial charge on any atom is 0.119 e. The van der Waals surface area contributed by atoms with Gasteiger partial charge < -0.3 is 9.84 Å². The number of aryl methyl sites for hydroxylation is 2. The minimum atomic E-state index is -0.727. The van der Waals surface area contributed by atoms with Gasteiger partial charge in [0.25, 0.3) is 0 Å². The van der Waals surface area contributed by atoms with E-state index in [1.54, 1.807) is 0 Å². The van der Waals surface area contributed by atoms with Crippen molar-refractivity contribution in [3.63, 3.8) is 0 Å². The van der Waals surface area contributed by atoms with Crippen LogP contribution in [0.1, 0.15) is 31.0 Å². The van der Waals surface area contributed by atoms with Crippen LogP contribution in [-0.2, 0) is 13.1 Å². The number of likely N-dealkylation sites (tertiary alicyclic amines) is 1. The van der Waals surface area contributed by atoms with Crippen LogP contribution in [0.4, 0.5) is 0 Å². The van der Waals surface area contributed by atoms with Crippen LogP contribution >= 0.6 is 0 Å². The van der Waals surface area contributed by atoms with E-state index in [2.05, 4.69) is 30.0 Å². The molecule has 1 N–H and O–H groups in total. The minimum Gasteiger partial charge on any atom is -0.491 e. The Morgan fingerprint density at radius 1 is 1.21 bits per heavy atom. The summed E-state index contributed by atoms with van der Waals surface area (Å²) in [6.07, 6.45) is 3.61. The van der Waals surface area contributed by atoms with Crippen LogP contribution < -0.4 is 4.74 Å². The lowest BCUT2D eigenvalue weighted by Gasteiger charge is -2.37. The summed E-state index contributed by atoms with van der Waals surface area (Å²) in [5.74, 6) is 0.816. The van der Waals surface area contributed by atoms with E-state index in [9.17, 15) is 5.11 Å². The maximum atomic E-state index is 10.7. The van der Waals surface area contributed by atoms with E-state index in [4.69, 9.17) is 4.74 Å². The number of para-hydroxylation sites is 1. The number of ether oxygens (including phenoxy) is 1. The van der Waals surface area contributed by atoms with Crippen molar-refractivity contribution in [2.24, 2.45) is 0 Å². The quantitative estimate of drug-likeness (QED) is 0.885. The Balaban J connectivity index is 1.50. The zero-order chi connectivity index (χ0) is 17.0. The van der Waals surface area contributed by atoms with Gasteiger partial charge in [0, 0.05) is 37.9 Å². The summed E-state index contributed by atoms with van der Waals surface area (Å²) in [7, 11) is 0. The van der Waals surface area contributed by atoms with E-state index >= 15 is 0 Å². The molecule has 0 bridgehead atoms. The first-order chi connectivity index (χ1) is 11.6. The van der Waals surface area contributed by atoms with Crippen LogP contribution in [0.25, 0.3) is 0 Å². The second kappa shape index (κ2) is 7.36. The molecule has 2 heterocycles. The lowest BCUT2D eigenvalue weighted by atomic mass is 9.92. The van der Waals surface area contributed by atoms with Crippen LogP contribution in [0.2, 0.25) is 0 Å². The number of benzene rings is 1. The molecule has 1 fully saturated rings. The number of hydrogen-bond donors (Lipinski definition) is 1. The van der Waals surface area contributed by atoms with Gasteiger partial charge in [-0.3, -0.25) is 9.58 Å². The zero-order valence-corrected chi connectivity index (χ0v) is 14.6. The van der Waals surface area contributed by atoms with Crippen molar-refractivity contribution in [2.75, 3.05) is 19.7 Å². The second-order valence-electron chi connectivity index (χ2n) is 6.70. The molecule has 1 aromatic carbocycles. The van der Waals surface area contributed by atoms with Crippen LogP contribution in [0, 0.1) is 6.92 Å². The standard InChI is InChI=1S/C19H27N3O2/c1-3-22-14-17(16(2)20-22)13-21-11-9-19(23,10-12-21)15-24-18-7-5-4-6-8-18/h4-8,14,23H,3,9-13,15H2,1-2H3. The molecule has 0 unspecified atom stereocenters. The van der Waals surface area contributed by atoms with E-state index in [1.165, 1.54) is 5.56 Å². The van der Waals surface area contributed by atoms with Crippen molar-refractivity contribution in [3.05, 3.63) is 47.8 Å². The van der Waals surface area contributed by atoms with Crippen molar-refractivity contribution >= 4 is 0 Å². The fourth-order valence-electron chi connectivity index (χ4n) is 3.12. The highest BCUT2D eigenvalue weighted by Gasteiger charge is 2.33. The molecule has 1 saturated heterocycles. The molecule has 0 spiro atoms. The second-order valence-corrected chi connectivity index (χ2v) is 6.70. The van der Waals surface area contributed by atoms with Crippen molar-refractivity contribution in [3.8, 4) is 5.75 Å². The van der Waals surface area contributed by atoms with E-state index in [0.29, 0.717) is 6.61 Å². The van der Waals surface area contributed by atoms with Crippen molar-refractivity contribution in [1.82, 2.24) is 14.7 Å². The summed E-state index contributed by atoms with van der Waals surface area (Å²) in [5.41, 5.74) is 1.66. The van der Waals surface area contributed by atoms with E-state index in [-0.39, 0.29) is 0 Å². The average molecular weight is 329 g/mol. The third-order valence-corrected chi connectivity index (χ3v) is 4.80. The van der Waals surface area contributed by atoms with E-state index in [1.807, 2.05) is 35.0 Å². The summed E-state index contributed by atoms with van der Waals surface area (Å²) in [6.45, 7) is 8.09. The van der Waals surface area contributed by atoms with Gasteiger partial charge in [0.2, 0.25) is 0 Å². The molecule has 0 aliphatic carbocycles. The number of hydrogen-bond acceptors (Lipinski definition) is 4. The molecular formula is C19H27N3O2. The predicted octanol–water partition coefficient (Wildman–Crippen LogP) is 2.62. The number of aromatic nitrogens is 2. The SMILES string of the molecule is CCn1cc(CN2CCC(O)(COc3ccccc3)CC2)c(C)n1. The van der Waals surface area contributed by atoms with Crippen molar-refractivity contribution in [1.29, 1.82) is 0 Å². The Morgan fingerprint density at radius 2 is 1.92 bits per heavy atom. The molecule has 0 atom stereocenters. The first-order valence-electron chi connectivity index (χ1n) is 8.73. The average Bonchev–Trinajstić information content (AvgIpc) is 2.96. The van der Waals surface area contributed by atoms with Crippen molar-refractivity contribution < 1.29 is 9.84 Å². The molecule has 1 aliphatic rings. The van der Waals surface area contributed by atoms with Gasteiger partial charge in [-0.05, 0) is 38.8 Å².